The van der Waals surface area contributed by atoms with E-state index in [2.05, 4.69) is 10.2 Å². The molecule has 2 fully saturated rings. The average Bonchev–Trinajstić information content (AvgIpc) is 2.84. The Hall–Kier alpha value is -1.76. The standard InChI is InChI=1S/C17H23N3O3/c1-13-2-4-14(5-3-13)20-16(21)12-15(17(20)22)18-6-7-19-8-10-23-11-9-19/h2-5,15,18H,6-12H2,1H3. The quantitative estimate of drug-likeness (QED) is 0.804. The van der Waals surface area contributed by atoms with Gasteiger partial charge in [-0.3, -0.25) is 14.5 Å². The number of benzene rings is 1. The van der Waals surface area contributed by atoms with E-state index in [1.165, 1.54) is 4.90 Å². The summed E-state index contributed by atoms with van der Waals surface area (Å²) in [4.78, 5) is 28.3. The Morgan fingerprint density at radius 1 is 1.17 bits per heavy atom. The lowest BCUT2D eigenvalue weighted by atomic mass is 10.2. The van der Waals surface area contributed by atoms with Crippen molar-refractivity contribution in [1.29, 1.82) is 0 Å². The van der Waals surface area contributed by atoms with E-state index >= 15 is 0 Å². The van der Waals surface area contributed by atoms with Gasteiger partial charge in [0.2, 0.25) is 5.91 Å². The SMILES string of the molecule is Cc1ccc(N2C(=O)CC(NCCN3CCOCC3)C2=O)cc1. The number of hydrogen-bond donors (Lipinski definition) is 1. The van der Waals surface area contributed by atoms with Gasteiger partial charge in [-0.25, -0.2) is 4.90 Å². The summed E-state index contributed by atoms with van der Waals surface area (Å²) in [6.07, 6.45) is 0.232. The van der Waals surface area contributed by atoms with E-state index in [1.54, 1.807) is 0 Å². The third kappa shape index (κ3) is 3.77. The van der Waals surface area contributed by atoms with Crippen LogP contribution < -0.4 is 10.2 Å². The maximum absolute atomic E-state index is 12.5. The van der Waals surface area contributed by atoms with Crippen LogP contribution in [0, 0.1) is 6.92 Å². The molecule has 2 heterocycles. The number of nitrogens with one attached hydrogen (secondary N) is 1. The topological polar surface area (TPSA) is 61.9 Å². The number of imide groups is 1. The Kier molecular flexibility index (Phi) is 5.05. The molecule has 124 valence electrons. The fourth-order valence-corrected chi connectivity index (χ4v) is 2.98. The highest BCUT2D eigenvalue weighted by Crippen LogP contribution is 2.23. The van der Waals surface area contributed by atoms with E-state index in [0.29, 0.717) is 12.2 Å². The number of hydrogen-bond acceptors (Lipinski definition) is 5. The second-order valence-electron chi connectivity index (χ2n) is 6.07. The first-order valence-corrected chi connectivity index (χ1v) is 8.12. The van der Waals surface area contributed by atoms with E-state index in [-0.39, 0.29) is 18.2 Å². The summed E-state index contributed by atoms with van der Waals surface area (Å²) in [6, 6.07) is 7.05. The lowest BCUT2D eigenvalue weighted by Crippen LogP contribution is -2.44. The summed E-state index contributed by atoms with van der Waals surface area (Å²) in [5.74, 6) is -0.288. The molecule has 6 heteroatoms. The molecule has 6 nitrogen and oxygen atoms in total. The molecular formula is C17H23N3O3. The lowest BCUT2D eigenvalue weighted by molar-refractivity contribution is -0.121. The highest BCUT2D eigenvalue weighted by Gasteiger charge is 2.39. The lowest BCUT2D eigenvalue weighted by Gasteiger charge is -2.27. The number of aryl methyl sites for hydroxylation is 1. The summed E-state index contributed by atoms with van der Waals surface area (Å²) >= 11 is 0. The summed E-state index contributed by atoms with van der Waals surface area (Å²) in [5, 5.41) is 3.23. The summed E-state index contributed by atoms with van der Waals surface area (Å²) in [5.41, 5.74) is 1.76. The van der Waals surface area contributed by atoms with Crippen molar-refractivity contribution in [3.05, 3.63) is 29.8 Å². The first-order chi connectivity index (χ1) is 11.1. The summed E-state index contributed by atoms with van der Waals surface area (Å²) < 4.78 is 5.31. The maximum atomic E-state index is 12.5. The second-order valence-corrected chi connectivity index (χ2v) is 6.07. The normalized spacial score (nSPS) is 22.8. The Bertz CT molecular complexity index is 567. The number of carbonyl (C=O) groups excluding carboxylic acids is 2. The molecular weight excluding hydrogens is 294 g/mol. The average molecular weight is 317 g/mol. The molecule has 1 unspecified atom stereocenters. The predicted molar refractivity (Wildman–Crippen MR) is 87.3 cm³/mol. The van der Waals surface area contributed by atoms with Crippen molar-refractivity contribution >= 4 is 17.5 Å². The van der Waals surface area contributed by atoms with E-state index in [1.807, 2.05) is 31.2 Å². The van der Waals surface area contributed by atoms with Gasteiger partial charge in [-0.15, -0.1) is 0 Å². The third-order valence-electron chi connectivity index (χ3n) is 4.36. The van der Waals surface area contributed by atoms with E-state index < -0.39 is 6.04 Å². The first-order valence-electron chi connectivity index (χ1n) is 8.12. The monoisotopic (exact) mass is 317 g/mol. The van der Waals surface area contributed by atoms with E-state index in [0.717, 1.165) is 38.4 Å². The predicted octanol–water partition coefficient (Wildman–Crippen LogP) is 0.549. The highest BCUT2D eigenvalue weighted by atomic mass is 16.5. The number of anilines is 1. The molecule has 0 aromatic heterocycles. The molecule has 2 saturated heterocycles. The molecule has 1 aromatic rings. The van der Waals surface area contributed by atoms with E-state index in [9.17, 15) is 9.59 Å². The zero-order valence-corrected chi connectivity index (χ0v) is 13.5. The minimum atomic E-state index is -0.412. The molecule has 2 aliphatic heterocycles. The van der Waals surface area contributed by atoms with Crippen LogP contribution in [0.1, 0.15) is 12.0 Å². The number of nitrogens with zero attached hydrogens (tertiary/aromatic N) is 2. The van der Waals surface area contributed by atoms with Crippen molar-refractivity contribution < 1.29 is 14.3 Å². The molecule has 0 radical (unpaired) electrons. The van der Waals surface area contributed by atoms with Crippen molar-refractivity contribution in [1.82, 2.24) is 10.2 Å². The van der Waals surface area contributed by atoms with Gasteiger partial charge in [-0.05, 0) is 19.1 Å². The molecule has 3 rings (SSSR count). The number of morpholine rings is 1. The molecule has 2 aliphatic rings. The second kappa shape index (κ2) is 7.21. The fraction of sp³-hybridized carbons (Fsp3) is 0.529. The van der Waals surface area contributed by atoms with Crippen LogP contribution in [-0.4, -0.2) is 62.1 Å². The van der Waals surface area contributed by atoms with Crippen LogP contribution in [0.25, 0.3) is 0 Å². The van der Waals surface area contributed by atoms with E-state index in [4.69, 9.17) is 4.74 Å². The third-order valence-corrected chi connectivity index (χ3v) is 4.36. The molecule has 0 bridgehead atoms. The van der Waals surface area contributed by atoms with Crippen molar-refractivity contribution in [3.63, 3.8) is 0 Å². The largest absolute Gasteiger partial charge is 0.379 e. The summed E-state index contributed by atoms with van der Waals surface area (Å²) in [7, 11) is 0. The Labute approximate surface area is 136 Å². The van der Waals surface area contributed by atoms with Crippen molar-refractivity contribution in [2.75, 3.05) is 44.3 Å². The number of ether oxygens (including phenoxy) is 1. The van der Waals surface area contributed by atoms with Gasteiger partial charge < -0.3 is 10.1 Å². The van der Waals surface area contributed by atoms with Crippen molar-refractivity contribution in [3.8, 4) is 0 Å². The molecule has 1 atom stereocenters. The minimum Gasteiger partial charge on any atom is -0.379 e. The van der Waals surface area contributed by atoms with Gasteiger partial charge in [0.1, 0.15) is 0 Å². The van der Waals surface area contributed by atoms with Crippen LogP contribution >= 0.6 is 0 Å². The zero-order valence-electron chi connectivity index (χ0n) is 13.5. The van der Waals surface area contributed by atoms with Crippen LogP contribution in [0.5, 0.6) is 0 Å². The first kappa shape index (κ1) is 16.1. The van der Waals surface area contributed by atoms with Gasteiger partial charge in [-0.2, -0.15) is 0 Å². The molecule has 1 aromatic carbocycles. The Morgan fingerprint density at radius 2 is 1.87 bits per heavy atom. The molecule has 1 N–H and O–H groups in total. The number of amides is 2. The van der Waals surface area contributed by atoms with Crippen LogP contribution in [-0.2, 0) is 14.3 Å². The van der Waals surface area contributed by atoms with Crippen molar-refractivity contribution in [2.24, 2.45) is 0 Å². The summed E-state index contributed by atoms with van der Waals surface area (Å²) in [6.45, 7) is 6.93. The zero-order chi connectivity index (χ0) is 16.2. The fourth-order valence-electron chi connectivity index (χ4n) is 2.98. The minimum absolute atomic E-state index is 0.136. The van der Waals surface area contributed by atoms with Gasteiger partial charge in [0.25, 0.3) is 5.91 Å². The van der Waals surface area contributed by atoms with Gasteiger partial charge in [0, 0.05) is 26.2 Å². The van der Waals surface area contributed by atoms with Gasteiger partial charge in [0.15, 0.2) is 0 Å². The Morgan fingerprint density at radius 3 is 2.57 bits per heavy atom. The van der Waals surface area contributed by atoms with Crippen LogP contribution in [0.15, 0.2) is 24.3 Å². The van der Waals surface area contributed by atoms with Crippen LogP contribution in [0.2, 0.25) is 0 Å². The van der Waals surface area contributed by atoms with Crippen LogP contribution in [0.4, 0.5) is 5.69 Å². The van der Waals surface area contributed by atoms with Gasteiger partial charge in [-0.1, -0.05) is 17.7 Å². The molecule has 23 heavy (non-hydrogen) atoms. The molecule has 0 spiro atoms. The van der Waals surface area contributed by atoms with Crippen molar-refractivity contribution in [2.45, 2.75) is 19.4 Å². The molecule has 0 aliphatic carbocycles. The van der Waals surface area contributed by atoms with Gasteiger partial charge in [0.05, 0.1) is 31.4 Å². The highest BCUT2D eigenvalue weighted by molar-refractivity contribution is 6.22. The van der Waals surface area contributed by atoms with Gasteiger partial charge >= 0.3 is 0 Å². The molecule has 2 amide bonds. The number of carbonyl (C=O) groups is 2. The molecule has 0 saturated carbocycles. The number of rotatable bonds is 5. The smallest absolute Gasteiger partial charge is 0.251 e. The maximum Gasteiger partial charge on any atom is 0.251 e. The van der Waals surface area contributed by atoms with Crippen LogP contribution in [0.3, 0.4) is 0 Å². The Balaban J connectivity index is 1.54.